The molecule has 6 nitrogen and oxygen atoms in total. The van der Waals surface area contributed by atoms with Gasteiger partial charge in [0.1, 0.15) is 17.3 Å². The van der Waals surface area contributed by atoms with Gasteiger partial charge in [0.2, 0.25) is 0 Å². The first-order chi connectivity index (χ1) is 12.7. The van der Waals surface area contributed by atoms with Crippen LogP contribution in [0, 0.1) is 6.92 Å². The molecule has 1 aromatic carbocycles. The van der Waals surface area contributed by atoms with Crippen LogP contribution in [-0.2, 0) is 6.42 Å². The SMILES string of the molecule is COc1ccccc1CCNC(=O)c1csc(Nc2cccc(C)n2)n1. The number of carbonyl (C=O) groups is 1. The summed E-state index contributed by atoms with van der Waals surface area (Å²) in [4.78, 5) is 21.0. The number of methoxy groups -OCH3 is 1. The summed E-state index contributed by atoms with van der Waals surface area (Å²) in [6, 6.07) is 13.5. The summed E-state index contributed by atoms with van der Waals surface area (Å²) in [5.74, 6) is 1.34. The number of ether oxygens (including phenoxy) is 1. The van der Waals surface area contributed by atoms with E-state index in [1.54, 1.807) is 12.5 Å². The molecule has 3 rings (SSSR count). The van der Waals surface area contributed by atoms with Gasteiger partial charge in [-0.2, -0.15) is 0 Å². The fourth-order valence-electron chi connectivity index (χ4n) is 2.47. The second kappa shape index (κ2) is 8.44. The van der Waals surface area contributed by atoms with E-state index in [-0.39, 0.29) is 5.91 Å². The Labute approximate surface area is 156 Å². The molecule has 2 aromatic heterocycles. The average Bonchev–Trinajstić information content (AvgIpc) is 3.10. The van der Waals surface area contributed by atoms with E-state index in [9.17, 15) is 4.79 Å². The highest BCUT2D eigenvalue weighted by Gasteiger charge is 2.11. The number of thiazole rings is 1. The van der Waals surface area contributed by atoms with Crippen molar-refractivity contribution in [2.45, 2.75) is 13.3 Å². The van der Waals surface area contributed by atoms with Crippen molar-refractivity contribution in [2.24, 2.45) is 0 Å². The van der Waals surface area contributed by atoms with Gasteiger partial charge in [0.25, 0.3) is 5.91 Å². The van der Waals surface area contributed by atoms with Crippen molar-refractivity contribution in [3.05, 3.63) is 64.8 Å². The van der Waals surface area contributed by atoms with Gasteiger partial charge < -0.3 is 15.4 Å². The molecule has 3 aromatic rings. The molecule has 0 saturated heterocycles. The van der Waals surface area contributed by atoms with Crippen LogP contribution in [0.3, 0.4) is 0 Å². The predicted octanol–water partition coefficient (Wildman–Crippen LogP) is 3.57. The molecule has 0 aliphatic rings. The van der Waals surface area contributed by atoms with Crippen LogP contribution < -0.4 is 15.4 Å². The van der Waals surface area contributed by atoms with Gasteiger partial charge in [-0.05, 0) is 37.1 Å². The first-order valence-corrected chi connectivity index (χ1v) is 9.10. The maximum absolute atomic E-state index is 12.3. The lowest BCUT2D eigenvalue weighted by molar-refractivity contribution is 0.0950. The number of amides is 1. The van der Waals surface area contributed by atoms with Crippen LogP contribution in [0.1, 0.15) is 21.7 Å². The number of para-hydroxylation sites is 1. The van der Waals surface area contributed by atoms with E-state index in [4.69, 9.17) is 4.74 Å². The van der Waals surface area contributed by atoms with Crippen molar-refractivity contribution in [1.29, 1.82) is 0 Å². The lowest BCUT2D eigenvalue weighted by atomic mass is 10.1. The molecule has 0 bridgehead atoms. The minimum absolute atomic E-state index is 0.193. The fraction of sp³-hybridized carbons (Fsp3) is 0.211. The van der Waals surface area contributed by atoms with Crippen LogP contribution in [-0.4, -0.2) is 29.5 Å². The summed E-state index contributed by atoms with van der Waals surface area (Å²) in [6.45, 7) is 2.44. The predicted molar refractivity (Wildman–Crippen MR) is 103 cm³/mol. The molecule has 0 aliphatic heterocycles. The van der Waals surface area contributed by atoms with Gasteiger partial charge in [0.05, 0.1) is 7.11 Å². The van der Waals surface area contributed by atoms with Gasteiger partial charge in [-0.3, -0.25) is 4.79 Å². The van der Waals surface area contributed by atoms with Gasteiger partial charge in [-0.1, -0.05) is 24.3 Å². The molecule has 1 amide bonds. The minimum Gasteiger partial charge on any atom is -0.496 e. The van der Waals surface area contributed by atoms with Crippen LogP contribution >= 0.6 is 11.3 Å². The summed E-state index contributed by atoms with van der Waals surface area (Å²) in [6.07, 6.45) is 0.693. The second-order valence-corrected chi connectivity index (χ2v) is 6.50. The number of benzene rings is 1. The Kier molecular flexibility index (Phi) is 5.80. The van der Waals surface area contributed by atoms with Crippen LogP contribution in [0.4, 0.5) is 10.9 Å². The Morgan fingerprint density at radius 3 is 2.81 bits per heavy atom. The Hall–Kier alpha value is -2.93. The summed E-state index contributed by atoms with van der Waals surface area (Å²) in [7, 11) is 1.64. The number of hydrogen-bond donors (Lipinski definition) is 2. The second-order valence-electron chi connectivity index (χ2n) is 5.64. The molecular formula is C19H20N4O2S. The fourth-order valence-corrected chi connectivity index (χ4v) is 3.17. The first kappa shape index (κ1) is 17.9. The highest BCUT2D eigenvalue weighted by Crippen LogP contribution is 2.20. The zero-order valence-corrected chi connectivity index (χ0v) is 15.5. The molecule has 0 radical (unpaired) electrons. The lowest BCUT2D eigenvalue weighted by Crippen LogP contribution is -2.26. The Balaban J connectivity index is 1.55. The van der Waals surface area contributed by atoms with Crippen molar-refractivity contribution < 1.29 is 9.53 Å². The number of nitrogens with one attached hydrogen (secondary N) is 2. The summed E-state index contributed by atoms with van der Waals surface area (Å²) in [5.41, 5.74) is 2.37. The monoisotopic (exact) mass is 368 g/mol. The van der Waals surface area contributed by atoms with Gasteiger partial charge >= 0.3 is 0 Å². The highest BCUT2D eigenvalue weighted by atomic mass is 32.1. The first-order valence-electron chi connectivity index (χ1n) is 8.22. The number of hydrogen-bond acceptors (Lipinski definition) is 6. The standard InChI is InChI=1S/C19H20N4O2S/c1-13-6-5-9-17(21-13)23-19-22-15(12-26-19)18(24)20-11-10-14-7-3-4-8-16(14)25-2/h3-9,12H,10-11H2,1-2H3,(H,20,24)(H,21,22,23). The highest BCUT2D eigenvalue weighted by molar-refractivity contribution is 7.14. The third kappa shape index (κ3) is 4.58. The van der Waals surface area contributed by atoms with Crippen LogP contribution in [0.5, 0.6) is 5.75 Å². The van der Waals surface area contributed by atoms with Gasteiger partial charge in [-0.15, -0.1) is 11.3 Å². The summed E-state index contributed by atoms with van der Waals surface area (Å²) in [5, 5.41) is 8.38. The lowest BCUT2D eigenvalue weighted by Gasteiger charge is -2.08. The number of rotatable bonds is 7. The number of aryl methyl sites for hydroxylation is 1. The van der Waals surface area contributed by atoms with Gasteiger partial charge in [-0.25, -0.2) is 9.97 Å². The molecule has 134 valence electrons. The molecule has 7 heteroatoms. The van der Waals surface area contributed by atoms with Crippen molar-refractivity contribution in [1.82, 2.24) is 15.3 Å². The van der Waals surface area contributed by atoms with E-state index in [0.29, 0.717) is 29.6 Å². The van der Waals surface area contributed by atoms with Gasteiger partial charge in [0.15, 0.2) is 5.13 Å². The largest absolute Gasteiger partial charge is 0.496 e. The molecule has 0 atom stereocenters. The van der Waals surface area contributed by atoms with Crippen LogP contribution in [0.15, 0.2) is 47.8 Å². The number of carbonyl (C=O) groups excluding carboxylic acids is 1. The average molecular weight is 368 g/mol. The van der Waals surface area contributed by atoms with Crippen molar-refractivity contribution in [2.75, 3.05) is 19.0 Å². The molecule has 0 unspecified atom stereocenters. The van der Waals surface area contributed by atoms with Crippen molar-refractivity contribution >= 4 is 28.2 Å². The van der Waals surface area contributed by atoms with Crippen LogP contribution in [0.2, 0.25) is 0 Å². The smallest absolute Gasteiger partial charge is 0.270 e. The van der Waals surface area contributed by atoms with E-state index < -0.39 is 0 Å². The number of anilines is 2. The Morgan fingerprint density at radius 1 is 1.15 bits per heavy atom. The molecule has 2 heterocycles. The molecule has 0 aliphatic carbocycles. The Bertz CT molecular complexity index is 895. The van der Waals surface area contributed by atoms with E-state index in [1.165, 1.54) is 11.3 Å². The third-order valence-electron chi connectivity index (χ3n) is 3.73. The van der Waals surface area contributed by atoms with E-state index >= 15 is 0 Å². The van der Waals surface area contributed by atoms with Crippen molar-refractivity contribution in [3.8, 4) is 5.75 Å². The number of aromatic nitrogens is 2. The third-order valence-corrected chi connectivity index (χ3v) is 4.49. The van der Waals surface area contributed by atoms with E-state index in [2.05, 4.69) is 20.6 Å². The van der Waals surface area contributed by atoms with Crippen LogP contribution in [0.25, 0.3) is 0 Å². The Morgan fingerprint density at radius 2 is 2.00 bits per heavy atom. The maximum Gasteiger partial charge on any atom is 0.270 e. The number of pyridine rings is 1. The molecular weight excluding hydrogens is 348 g/mol. The van der Waals surface area contributed by atoms with Crippen molar-refractivity contribution in [3.63, 3.8) is 0 Å². The number of nitrogens with zero attached hydrogens (tertiary/aromatic N) is 2. The zero-order chi connectivity index (χ0) is 18.4. The maximum atomic E-state index is 12.3. The molecule has 26 heavy (non-hydrogen) atoms. The topological polar surface area (TPSA) is 76.1 Å². The molecule has 0 saturated carbocycles. The summed E-state index contributed by atoms with van der Waals surface area (Å²) >= 11 is 1.37. The van der Waals surface area contributed by atoms with E-state index in [0.717, 1.165) is 17.0 Å². The summed E-state index contributed by atoms with van der Waals surface area (Å²) < 4.78 is 5.32. The zero-order valence-electron chi connectivity index (χ0n) is 14.7. The molecule has 0 fully saturated rings. The van der Waals surface area contributed by atoms with Gasteiger partial charge in [0, 0.05) is 17.6 Å². The quantitative estimate of drug-likeness (QED) is 0.667. The van der Waals surface area contributed by atoms with E-state index in [1.807, 2.05) is 49.4 Å². The normalized spacial score (nSPS) is 10.4. The molecule has 2 N–H and O–H groups in total. The minimum atomic E-state index is -0.193. The molecule has 0 spiro atoms.